The number of nitrogens with two attached hydrogens (primary N) is 1. The average molecular weight is 294 g/mol. The molecule has 6 nitrogen and oxygen atoms in total. The predicted octanol–water partition coefficient (Wildman–Crippen LogP) is -0.0116. The number of carbonyl (C=O) groups is 1. The van der Waals surface area contributed by atoms with Gasteiger partial charge in [0.2, 0.25) is 10.0 Å². The van der Waals surface area contributed by atoms with E-state index in [1.165, 1.54) is 7.11 Å². The minimum Gasteiger partial charge on any atom is -0.383 e. The lowest BCUT2D eigenvalue weighted by Gasteiger charge is -2.08. The summed E-state index contributed by atoms with van der Waals surface area (Å²) in [5.41, 5.74) is -0.736. The highest BCUT2D eigenvalue weighted by atomic mass is 32.2. The summed E-state index contributed by atoms with van der Waals surface area (Å²) in [6.45, 7) is 0.237. The monoisotopic (exact) mass is 294 g/mol. The van der Waals surface area contributed by atoms with Crippen molar-refractivity contribution in [3.8, 4) is 0 Å². The van der Waals surface area contributed by atoms with Crippen molar-refractivity contribution < 1.29 is 26.7 Å². The first-order chi connectivity index (χ1) is 8.77. The van der Waals surface area contributed by atoms with Crippen molar-refractivity contribution in [2.24, 2.45) is 5.14 Å². The lowest BCUT2D eigenvalue weighted by atomic mass is 10.2. The zero-order chi connectivity index (χ0) is 14.6. The lowest BCUT2D eigenvalue weighted by Crippen LogP contribution is -2.28. The molecule has 0 aliphatic heterocycles. The normalized spacial score (nSPS) is 11.4. The van der Waals surface area contributed by atoms with Crippen molar-refractivity contribution in [1.82, 2.24) is 5.32 Å². The summed E-state index contributed by atoms with van der Waals surface area (Å²) in [6.07, 6.45) is 0. The van der Waals surface area contributed by atoms with E-state index in [2.05, 4.69) is 10.1 Å². The SMILES string of the molecule is COCCNC(=O)c1cc(F)cc(S(N)(=O)=O)c1F. The largest absolute Gasteiger partial charge is 0.383 e. The molecule has 3 N–H and O–H groups in total. The van der Waals surface area contributed by atoms with Gasteiger partial charge in [0, 0.05) is 13.7 Å². The van der Waals surface area contributed by atoms with Gasteiger partial charge in [-0.2, -0.15) is 0 Å². The van der Waals surface area contributed by atoms with Crippen LogP contribution in [0.3, 0.4) is 0 Å². The van der Waals surface area contributed by atoms with E-state index in [1.807, 2.05) is 0 Å². The predicted molar refractivity (Wildman–Crippen MR) is 61.9 cm³/mol. The number of hydrogen-bond donors (Lipinski definition) is 2. The van der Waals surface area contributed by atoms with Crippen LogP contribution in [0, 0.1) is 11.6 Å². The Kier molecular flexibility index (Phi) is 4.92. The van der Waals surface area contributed by atoms with Gasteiger partial charge >= 0.3 is 0 Å². The number of methoxy groups -OCH3 is 1. The van der Waals surface area contributed by atoms with Crippen LogP contribution in [0.2, 0.25) is 0 Å². The number of primary sulfonamides is 1. The fourth-order valence-corrected chi connectivity index (χ4v) is 1.93. The van der Waals surface area contributed by atoms with Gasteiger partial charge in [-0.3, -0.25) is 4.79 Å². The molecule has 0 aliphatic carbocycles. The van der Waals surface area contributed by atoms with Crippen molar-refractivity contribution in [2.75, 3.05) is 20.3 Å². The number of sulfonamides is 1. The van der Waals surface area contributed by atoms with Crippen molar-refractivity contribution in [3.05, 3.63) is 29.3 Å². The summed E-state index contributed by atoms with van der Waals surface area (Å²) in [5.74, 6) is -3.43. The Hall–Kier alpha value is -1.58. The molecule has 0 unspecified atom stereocenters. The highest BCUT2D eigenvalue weighted by Gasteiger charge is 2.23. The third kappa shape index (κ3) is 3.94. The Labute approximate surface area is 108 Å². The molecule has 19 heavy (non-hydrogen) atoms. The summed E-state index contributed by atoms with van der Waals surface area (Å²) < 4.78 is 53.8. The van der Waals surface area contributed by atoms with Gasteiger partial charge in [-0.05, 0) is 12.1 Å². The van der Waals surface area contributed by atoms with E-state index < -0.39 is 38.0 Å². The van der Waals surface area contributed by atoms with E-state index in [9.17, 15) is 22.0 Å². The summed E-state index contributed by atoms with van der Waals surface area (Å²) in [4.78, 5) is 10.5. The molecule has 0 fully saturated rings. The summed E-state index contributed by atoms with van der Waals surface area (Å²) in [6, 6.07) is 1.00. The first kappa shape index (κ1) is 15.5. The van der Waals surface area contributed by atoms with Gasteiger partial charge in [0.05, 0.1) is 12.2 Å². The van der Waals surface area contributed by atoms with Crippen LogP contribution in [0.1, 0.15) is 10.4 Å². The molecule has 0 spiro atoms. The Morgan fingerprint density at radius 1 is 1.42 bits per heavy atom. The third-order valence-electron chi connectivity index (χ3n) is 2.15. The summed E-state index contributed by atoms with van der Waals surface area (Å²) in [5, 5.41) is 6.97. The molecule has 0 aromatic heterocycles. The molecule has 1 rings (SSSR count). The molecule has 9 heteroatoms. The maximum Gasteiger partial charge on any atom is 0.254 e. The van der Waals surface area contributed by atoms with Gasteiger partial charge < -0.3 is 10.1 Å². The molecule has 0 bridgehead atoms. The number of amides is 1. The molecular weight excluding hydrogens is 282 g/mol. The number of nitrogens with one attached hydrogen (secondary N) is 1. The molecule has 0 atom stereocenters. The van der Waals surface area contributed by atoms with Gasteiger partial charge in [0.25, 0.3) is 5.91 Å². The van der Waals surface area contributed by atoms with E-state index in [0.29, 0.717) is 12.1 Å². The second-order valence-corrected chi connectivity index (χ2v) is 5.09. The number of hydrogen-bond acceptors (Lipinski definition) is 4. The zero-order valence-electron chi connectivity index (χ0n) is 9.94. The van der Waals surface area contributed by atoms with Crippen LogP contribution >= 0.6 is 0 Å². The van der Waals surface area contributed by atoms with Crippen LogP contribution in [0.4, 0.5) is 8.78 Å². The van der Waals surface area contributed by atoms with Crippen molar-refractivity contribution >= 4 is 15.9 Å². The van der Waals surface area contributed by atoms with E-state index in [-0.39, 0.29) is 13.2 Å². The minimum absolute atomic E-state index is 0.0655. The van der Waals surface area contributed by atoms with Gasteiger partial charge in [0.1, 0.15) is 10.7 Å². The molecule has 0 saturated carbocycles. The lowest BCUT2D eigenvalue weighted by molar-refractivity contribution is 0.0932. The zero-order valence-corrected chi connectivity index (χ0v) is 10.8. The number of rotatable bonds is 5. The van der Waals surface area contributed by atoms with Crippen LogP contribution in [-0.2, 0) is 14.8 Å². The van der Waals surface area contributed by atoms with E-state index in [4.69, 9.17) is 5.14 Å². The molecule has 106 valence electrons. The fraction of sp³-hybridized carbons (Fsp3) is 0.300. The second-order valence-electron chi connectivity index (χ2n) is 3.56. The topological polar surface area (TPSA) is 98.5 Å². The molecule has 1 aromatic rings. The Morgan fingerprint density at radius 3 is 2.58 bits per heavy atom. The molecule has 0 saturated heterocycles. The van der Waals surface area contributed by atoms with Crippen LogP contribution in [-0.4, -0.2) is 34.6 Å². The van der Waals surface area contributed by atoms with Crippen molar-refractivity contribution in [2.45, 2.75) is 4.90 Å². The Morgan fingerprint density at radius 2 is 2.05 bits per heavy atom. The number of ether oxygens (including phenoxy) is 1. The quantitative estimate of drug-likeness (QED) is 0.746. The maximum atomic E-state index is 13.8. The standard InChI is InChI=1S/C10H12F2N2O4S/c1-18-3-2-14-10(15)7-4-6(11)5-8(9(7)12)19(13,16)17/h4-5H,2-3H2,1H3,(H,14,15)(H2,13,16,17). The Balaban J connectivity index is 3.15. The highest BCUT2D eigenvalue weighted by Crippen LogP contribution is 2.19. The number of halogens is 2. The van der Waals surface area contributed by atoms with Crippen LogP contribution < -0.4 is 10.5 Å². The smallest absolute Gasteiger partial charge is 0.254 e. The molecular formula is C10H12F2N2O4S. The fourth-order valence-electron chi connectivity index (χ4n) is 1.30. The van der Waals surface area contributed by atoms with Crippen LogP contribution in [0.15, 0.2) is 17.0 Å². The third-order valence-corrected chi connectivity index (χ3v) is 3.06. The number of carbonyl (C=O) groups excluding carboxylic acids is 1. The first-order valence-corrected chi connectivity index (χ1v) is 6.61. The van der Waals surface area contributed by atoms with E-state index >= 15 is 0 Å². The van der Waals surface area contributed by atoms with Gasteiger partial charge in [-0.15, -0.1) is 0 Å². The number of benzene rings is 1. The Bertz CT molecular complexity index is 589. The molecule has 1 amide bonds. The highest BCUT2D eigenvalue weighted by molar-refractivity contribution is 7.89. The first-order valence-electron chi connectivity index (χ1n) is 5.06. The van der Waals surface area contributed by atoms with Gasteiger partial charge in [-0.1, -0.05) is 0 Å². The molecule has 0 radical (unpaired) electrons. The average Bonchev–Trinajstić information content (AvgIpc) is 2.30. The van der Waals surface area contributed by atoms with E-state index in [1.54, 1.807) is 0 Å². The van der Waals surface area contributed by atoms with Crippen molar-refractivity contribution in [1.29, 1.82) is 0 Å². The van der Waals surface area contributed by atoms with Crippen molar-refractivity contribution in [3.63, 3.8) is 0 Å². The van der Waals surface area contributed by atoms with E-state index in [0.717, 1.165) is 0 Å². The maximum absolute atomic E-state index is 13.8. The van der Waals surface area contributed by atoms with Crippen LogP contribution in [0.25, 0.3) is 0 Å². The molecule has 0 aliphatic rings. The van der Waals surface area contributed by atoms with Crippen LogP contribution in [0.5, 0.6) is 0 Å². The molecule has 1 aromatic carbocycles. The van der Waals surface area contributed by atoms with Gasteiger partial charge in [0.15, 0.2) is 5.82 Å². The molecule has 0 heterocycles. The summed E-state index contributed by atoms with van der Waals surface area (Å²) >= 11 is 0. The van der Waals surface area contributed by atoms with Gasteiger partial charge in [-0.25, -0.2) is 22.3 Å². The minimum atomic E-state index is -4.46. The summed E-state index contributed by atoms with van der Waals surface area (Å²) in [7, 11) is -3.06. The second kappa shape index (κ2) is 6.04.